The zero-order chi connectivity index (χ0) is 12.3. The summed E-state index contributed by atoms with van der Waals surface area (Å²) in [5, 5.41) is 12.8. The number of hydrogen-bond acceptors (Lipinski definition) is 7. The predicted octanol–water partition coefficient (Wildman–Crippen LogP) is -1.36. The monoisotopic (exact) mass is 239 g/mol. The molecule has 17 heavy (non-hydrogen) atoms. The van der Waals surface area contributed by atoms with E-state index in [-0.39, 0.29) is 30.9 Å². The minimum Gasteiger partial charge on any atom is -0.407 e. The molecule has 0 radical (unpaired) electrons. The van der Waals surface area contributed by atoms with Crippen LogP contribution in [0.2, 0.25) is 0 Å². The van der Waals surface area contributed by atoms with Crippen molar-refractivity contribution in [1.82, 2.24) is 20.8 Å². The van der Waals surface area contributed by atoms with Crippen LogP contribution in [0.3, 0.4) is 0 Å². The van der Waals surface area contributed by atoms with Crippen LogP contribution < -0.4 is 15.5 Å². The molecule has 0 aliphatic carbocycles. The Morgan fingerprint density at radius 2 is 2.06 bits per heavy atom. The molecule has 1 aromatic rings. The number of nitrogens with zero attached hydrogens (tertiary/aromatic N) is 3. The molecule has 0 atom stereocenters. The van der Waals surface area contributed by atoms with Gasteiger partial charge in [0.2, 0.25) is 17.7 Å². The number of carbonyl (C=O) groups excluding carboxylic acids is 2. The lowest BCUT2D eigenvalue weighted by atomic mass is 10.4. The van der Waals surface area contributed by atoms with Crippen LogP contribution in [0.15, 0.2) is 4.42 Å². The first-order valence-corrected chi connectivity index (χ1v) is 5.29. The molecule has 2 amide bonds. The van der Waals surface area contributed by atoms with Gasteiger partial charge in [0.05, 0.1) is 6.54 Å². The molecular weight excluding hydrogens is 226 g/mol. The second kappa shape index (κ2) is 4.91. The zero-order valence-electron chi connectivity index (χ0n) is 9.39. The van der Waals surface area contributed by atoms with E-state index in [1.165, 1.54) is 4.90 Å². The fourth-order valence-electron chi connectivity index (χ4n) is 1.45. The zero-order valence-corrected chi connectivity index (χ0v) is 9.39. The Balaban J connectivity index is 2.03. The number of nitrogens with one attached hydrogen (secondary N) is 2. The third-order valence-corrected chi connectivity index (χ3v) is 2.20. The fourth-order valence-corrected chi connectivity index (χ4v) is 1.45. The summed E-state index contributed by atoms with van der Waals surface area (Å²) in [5.74, 6) is -0.305. The molecule has 8 nitrogen and oxygen atoms in total. The van der Waals surface area contributed by atoms with Gasteiger partial charge in [-0.25, -0.2) is 0 Å². The summed E-state index contributed by atoms with van der Waals surface area (Å²) in [6.07, 6.45) is 0. The highest BCUT2D eigenvalue weighted by molar-refractivity contribution is 6.02. The van der Waals surface area contributed by atoms with Gasteiger partial charge in [0.15, 0.2) is 0 Å². The maximum atomic E-state index is 11.2. The van der Waals surface area contributed by atoms with Gasteiger partial charge in [-0.3, -0.25) is 14.9 Å². The molecule has 1 aromatic heterocycles. The number of carbonyl (C=O) groups is 2. The third-order valence-electron chi connectivity index (χ3n) is 2.20. The fraction of sp³-hybridized carbons (Fsp3) is 0.556. The van der Waals surface area contributed by atoms with Crippen molar-refractivity contribution in [2.75, 3.05) is 24.5 Å². The van der Waals surface area contributed by atoms with Crippen molar-refractivity contribution in [2.24, 2.45) is 0 Å². The van der Waals surface area contributed by atoms with Crippen molar-refractivity contribution in [3.05, 3.63) is 5.89 Å². The summed E-state index contributed by atoms with van der Waals surface area (Å²) < 4.78 is 5.33. The second-order valence-electron chi connectivity index (χ2n) is 3.59. The Morgan fingerprint density at radius 1 is 1.35 bits per heavy atom. The molecule has 1 saturated heterocycles. The van der Waals surface area contributed by atoms with Crippen molar-refractivity contribution in [3.8, 4) is 0 Å². The number of amides is 2. The number of hydrogen-bond donors (Lipinski definition) is 2. The molecule has 1 aliphatic heterocycles. The summed E-state index contributed by atoms with van der Waals surface area (Å²) in [6.45, 7) is 3.33. The largest absolute Gasteiger partial charge is 0.407 e. The van der Waals surface area contributed by atoms with Crippen molar-refractivity contribution in [3.63, 3.8) is 0 Å². The molecule has 92 valence electrons. The number of anilines is 1. The molecule has 1 fully saturated rings. The highest BCUT2D eigenvalue weighted by Gasteiger charge is 2.26. The quantitative estimate of drug-likeness (QED) is 0.626. The smallest absolute Gasteiger partial charge is 0.319 e. The lowest BCUT2D eigenvalue weighted by Crippen LogP contribution is -2.51. The standard InChI is InChI=1S/C9H13N5O3/c1-2-10-3-8-12-13-9(17-8)14-4-6(15)11-7(16)5-14/h10H,2-5H2,1H3,(H,11,15,16). The average molecular weight is 239 g/mol. The Bertz CT molecular complexity index is 414. The van der Waals surface area contributed by atoms with Gasteiger partial charge < -0.3 is 14.6 Å². The summed E-state index contributed by atoms with van der Waals surface area (Å²) in [5.41, 5.74) is 0. The van der Waals surface area contributed by atoms with E-state index in [2.05, 4.69) is 20.8 Å². The first kappa shape index (κ1) is 11.5. The molecule has 0 spiro atoms. The van der Waals surface area contributed by atoms with Crippen molar-refractivity contribution >= 4 is 17.8 Å². The van der Waals surface area contributed by atoms with Crippen LogP contribution in [-0.4, -0.2) is 41.6 Å². The van der Waals surface area contributed by atoms with Crippen LogP contribution in [0.25, 0.3) is 0 Å². The first-order valence-electron chi connectivity index (χ1n) is 5.29. The van der Waals surface area contributed by atoms with Gasteiger partial charge in [-0.2, -0.15) is 0 Å². The summed E-state index contributed by atoms with van der Waals surface area (Å²) >= 11 is 0. The molecule has 2 rings (SSSR count). The Labute approximate surface area is 97.4 Å². The SMILES string of the molecule is CCNCc1nnc(N2CC(=O)NC(=O)C2)o1. The topological polar surface area (TPSA) is 100 Å². The second-order valence-corrected chi connectivity index (χ2v) is 3.59. The van der Waals surface area contributed by atoms with Crippen LogP contribution in [0.1, 0.15) is 12.8 Å². The molecule has 1 aliphatic rings. The van der Waals surface area contributed by atoms with Gasteiger partial charge >= 0.3 is 6.01 Å². The van der Waals surface area contributed by atoms with E-state index >= 15 is 0 Å². The van der Waals surface area contributed by atoms with Crippen LogP contribution in [0, 0.1) is 0 Å². The Morgan fingerprint density at radius 3 is 2.71 bits per heavy atom. The van der Waals surface area contributed by atoms with Gasteiger partial charge in [-0.15, -0.1) is 5.10 Å². The molecule has 8 heteroatoms. The molecule has 2 N–H and O–H groups in total. The highest BCUT2D eigenvalue weighted by atomic mass is 16.4. The normalized spacial score (nSPS) is 16.2. The molecule has 0 unspecified atom stereocenters. The summed E-state index contributed by atoms with van der Waals surface area (Å²) in [7, 11) is 0. The summed E-state index contributed by atoms with van der Waals surface area (Å²) in [6, 6.07) is 0.195. The van der Waals surface area contributed by atoms with Gasteiger partial charge in [0.1, 0.15) is 13.1 Å². The van der Waals surface area contributed by atoms with Gasteiger partial charge in [0.25, 0.3) is 0 Å². The van der Waals surface area contributed by atoms with Crippen LogP contribution in [-0.2, 0) is 16.1 Å². The van der Waals surface area contributed by atoms with Crippen LogP contribution in [0.5, 0.6) is 0 Å². The minimum atomic E-state index is -0.368. The Hall–Kier alpha value is -1.96. The Kier molecular flexibility index (Phi) is 3.33. The lowest BCUT2D eigenvalue weighted by molar-refractivity contribution is -0.130. The van der Waals surface area contributed by atoms with Gasteiger partial charge in [-0.05, 0) is 6.54 Å². The van der Waals surface area contributed by atoms with Crippen LogP contribution >= 0.6 is 0 Å². The number of rotatable bonds is 4. The lowest BCUT2D eigenvalue weighted by Gasteiger charge is -2.22. The first-order chi connectivity index (χ1) is 8.19. The predicted molar refractivity (Wildman–Crippen MR) is 57.0 cm³/mol. The summed E-state index contributed by atoms with van der Waals surface area (Å²) in [4.78, 5) is 23.8. The molecule has 0 bridgehead atoms. The molecule has 0 saturated carbocycles. The maximum absolute atomic E-state index is 11.2. The van der Waals surface area contributed by atoms with Crippen molar-refractivity contribution in [1.29, 1.82) is 0 Å². The van der Waals surface area contributed by atoms with E-state index in [0.717, 1.165) is 6.54 Å². The van der Waals surface area contributed by atoms with E-state index in [1.807, 2.05) is 6.92 Å². The molecule has 2 heterocycles. The van der Waals surface area contributed by atoms with Gasteiger partial charge in [0, 0.05) is 0 Å². The minimum absolute atomic E-state index is 0.0502. The van der Waals surface area contributed by atoms with E-state index in [1.54, 1.807) is 0 Å². The maximum Gasteiger partial charge on any atom is 0.319 e. The third kappa shape index (κ3) is 2.78. The number of piperazine rings is 1. The van der Waals surface area contributed by atoms with E-state index in [9.17, 15) is 9.59 Å². The van der Waals surface area contributed by atoms with Crippen molar-refractivity contribution in [2.45, 2.75) is 13.5 Å². The van der Waals surface area contributed by atoms with E-state index in [4.69, 9.17) is 4.42 Å². The number of imide groups is 1. The van der Waals surface area contributed by atoms with E-state index in [0.29, 0.717) is 12.4 Å². The van der Waals surface area contributed by atoms with E-state index < -0.39 is 0 Å². The number of aromatic nitrogens is 2. The average Bonchev–Trinajstić information content (AvgIpc) is 2.73. The van der Waals surface area contributed by atoms with Gasteiger partial charge in [-0.1, -0.05) is 12.0 Å². The molecule has 0 aromatic carbocycles. The highest BCUT2D eigenvalue weighted by Crippen LogP contribution is 2.12. The van der Waals surface area contributed by atoms with Crippen molar-refractivity contribution < 1.29 is 14.0 Å². The molecular formula is C9H13N5O3. The van der Waals surface area contributed by atoms with Crippen LogP contribution in [0.4, 0.5) is 6.01 Å².